The minimum atomic E-state index is -0.953. The van der Waals surface area contributed by atoms with Crippen molar-refractivity contribution in [3.8, 4) is 23.5 Å². The van der Waals surface area contributed by atoms with Crippen molar-refractivity contribution in [3.63, 3.8) is 0 Å². The summed E-state index contributed by atoms with van der Waals surface area (Å²) < 4.78 is 16.6. The molecule has 3 rings (SSSR count). The van der Waals surface area contributed by atoms with Crippen LogP contribution in [0.5, 0.6) is 5.75 Å². The van der Waals surface area contributed by atoms with Crippen molar-refractivity contribution in [1.29, 1.82) is 5.26 Å². The van der Waals surface area contributed by atoms with Gasteiger partial charge in [0.2, 0.25) is 0 Å². The molecule has 0 amide bonds. The van der Waals surface area contributed by atoms with E-state index in [1.165, 1.54) is 6.26 Å². The lowest BCUT2D eigenvalue weighted by molar-refractivity contribution is 0.0875. The van der Waals surface area contributed by atoms with E-state index in [-0.39, 0.29) is 19.0 Å². The van der Waals surface area contributed by atoms with Crippen LogP contribution in [0.15, 0.2) is 56.3 Å². The van der Waals surface area contributed by atoms with Crippen LogP contribution in [0, 0.1) is 11.3 Å². The third kappa shape index (κ3) is 4.16. The van der Waals surface area contributed by atoms with Gasteiger partial charge in [0.25, 0.3) is 5.89 Å². The van der Waals surface area contributed by atoms with Crippen molar-refractivity contribution in [2.24, 2.45) is 0 Å². The maximum Gasteiger partial charge on any atom is 0.437 e. The predicted molar refractivity (Wildman–Crippen MR) is 85.7 cm³/mol. The topological polar surface area (TPSA) is 114 Å². The van der Waals surface area contributed by atoms with Gasteiger partial charge in [-0.3, -0.25) is 0 Å². The summed E-state index contributed by atoms with van der Waals surface area (Å²) in [6.45, 7) is -0.0947. The van der Waals surface area contributed by atoms with Crippen molar-refractivity contribution >= 4 is 0 Å². The molecule has 3 aromatic rings. The molecule has 0 radical (unpaired) electrons. The van der Waals surface area contributed by atoms with Gasteiger partial charge in [0.1, 0.15) is 18.5 Å². The number of ether oxygens (including phenoxy) is 1. The Hall–Kier alpha value is -3.31. The van der Waals surface area contributed by atoms with Gasteiger partial charge in [0, 0.05) is 0 Å². The highest BCUT2D eigenvalue weighted by Crippen LogP contribution is 2.15. The Morgan fingerprint density at radius 2 is 2.12 bits per heavy atom. The molecule has 1 N–H and O–H groups in total. The second-order valence-electron chi connectivity index (χ2n) is 5.28. The van der Waals surface area contributed by atoms with Crippen LogP contribution in [0.25, 0.3) is 11.7 Å². The first-order valence-corrected chi connectivity index (χ1v) is 7.54. The first-order chi connectivity index (χ1) is 12.2. The largest absolute Gasteiger partial charge is 0.491 e. The molecule has 2 aromatic heterocycles. The molecule has 1 atom stereocenters. The number of nitriles is 1. The number of benzene rings is 1. The molecule has 0 bridgehead atoms. The first kappa shape index (κ1) is 16.5. The summed E-state index contributed by atoms with van der Waals surface area (Å²) in [5.41, 5.74) is 0.884. The molecule has 8 nitrogen and oxygen atoms in total. The maximum absolute atomic E-state index is 11.8. The van der Waals surface area contributed by atoms with Crippen LogP contribution in [0.1, 0.15) is 5.56 Å². The van der Waals surface area contributed by atoms with Crippen LogP contribution >= 0.6 is 0 Å². The third-order valence-corrected chi connectivity index (χ3v) is 3.37. The third-order valence-electron chi connectivity index (χ3n) is 3.37. The predicted octanol–water partition coefficient (Wildman–Crippen LogP) is 1.60. The Morgan fingerprint density at radius 1 is 1.32 bits per heavy atom. The lowest BCUT2D eigenvalue weighted by atomic mass is 10.2. The number of hydrogen-bond donors (Lipinski definition) is 1. The van der Waals surface area contributed by atoms with E-state index >= 15 is 0 Å². The fourth-order valence-electron chi connectivity index (χ4n) is 2.16. The average molecular weight is 341 g/mol. The van der Waals surface area contributed by atoms with Crippen molar-refractivity contribution in [2.75, 3.05) is 6.61 Å². The maximum atomic E-state index is 11.8. The van der Waals surface area contributed by atoms with E-state index in [2.05, 4.69) is 11.2 Å². The van der Waals surface area contributed by atoms with Gasteiger partial charge in [-0.15, -0.1) is 5.10 Å². The standard InChI is InChI=1S/C17H15N3O5/c18-8-7-12-3-5-14(6-4-12)24-11-13(21)10-20-17(22)25-16(19-20)15-2-1-9-23-15/h1-6,9,13,21H,7,10-11H2. The zero-order chi connectivity index (χ0) is 17.6. The van der Waals surface area contributed by atoms with E-state index in [4.69, 9.17) is 18.8 Å². The molecule has 0 aliphatic heterocycles. The molecule has 25 heavy (non-hydrogen) atoms. The summed E-state index contributed by atoms with van der Waals surface area (Å²) in [7, 11) is 0. The molecule has 1 unspecified atom stereocenters. The first-order valence-electron chi connectivity index (χ1n) is 7.54. The smallest absolute Gasteiger partial charge is 0.437 e. The summed E-state index contributed by atoms with van der Waals surface area (Å²) in [6, 6.07) is 12.3. The normalized spacial score (nSPS) is 11.8. The van der Waals surface area contributed by atoms with E-state index in [0.717, 1.165) is 10.2 Å². The van der Waals surface area contributed by atoms with Crippen molar-refractivity contribution in [2.45, 2.75) is 19.1 Å². The highest BCUT2D eigenvalue weighted by atomic mass is 16.5. The van der Waals surface area contributed by atoms with E-state index in [9.17, 15) is 9.90 Å². The quantitative estimate of drug-likeness (QED) is 0.694. The Kier molecular flexibility index (Phi) is 4.97. The number of aliphatic hydroxyl groups excluding tert-OH is 1. The van der Waals surface area contributed by atoms with Gasteiger partial charge in [0.15, 0.2) is 5.76 Å². The summed E-state index contributed by atoms with van der Waals surface area (Å²) in [4.78, 5) is 11.8. The average Bonchev–Trinajstić information content (AvgIpc) is 3.25. The van der Waals surface area contributed by atoms with Gasteiger partial charge < -0.3 is 18.7 Å². The molecule has 0 fully saturated rings. The summed E-state index contributed by atoms with van der Waals surface area (Å²) in [6.07, 6.45) is 0.820. The van der Waals surface area contributed by atoms with E-state index in [1.807, 2.05) is 0 Å². The molecule has 0 aliphatic carbocycles. The Labute approximate surface area is 142 Å². The van der Waals surface area contributed by atoms with Crippen molar-refractivity contribution in [1.82, 2.24) is 9.78 Å². The minimum absolute atomic E-state index is 0.0209. The molecule has 0 aliphatic rings. The molecule has 128 valence electrons. The van der Waals surface area contributed by atoms with Crippen molar-refractivity contribution in [3.05, 3.63) is 58.8 Å². The molecule has 0 saturated carbocycles. The lowest BCUT2D eigenvalue weighted by Gasteiger charge is -2.11. The zero-order valence-electron chi connectivity index (χ0n) is 13.2. The van der Waals surface area contributed by atoms with Crippen LogP contribution in [0.2, 0.25) is 0 Å². The Morgan fingerprint density at radius 3 is 2.80 bits per heavy atom. The van der Waals surface area contributed by atoms with Gasteiger partial charge in [-0.1, -0.05) is 12.1 Å². The Balaban J connectivity index is 1.57. The van der Waals surface area contributed by atoms with E-state index in [0.29, 0.717) is 17.9 Å². The monoisotopic (exact) mass is 341 g/mol. The van der Waals surface area contributed by atoms with Gasteiger partial charge >= 0.3 is 5.76 Å². The molecule has 1 aromatic carbocycles. The van der Waals surface area contributed by atoms with Crippen LogP contribution in [-0.4, -0.2) is 27.6 Å². The minimum Gasteiger partial charge on any atom is -0.491 e. The zero-order valence-corrected chi connectivity index (χ0v) is 13.2. The molecule has 2 heterocycles. The van der Waals surface area contributed by atoms with E-state index < -0.39 is 11.9 Å². The molecule has 0 spiro atoms. The number of rotatable bonds is 7. The summed E-state index contributed by atoms with van der Waals surface area (Å²) in [5.74, 6) is 0.256. The lowest BCUT2D eigenvalue weighted by Crippen LogP contribution is -2.29. The second-order valence-corrected chi connectivity index (χ2v) is 5.28. The van der Waals surface area contributed by atoms with Crippen LogP contribution in [0.3, 0.4) is 0 Å². The Bertz CT molecular complexity index is 903. The highest BCUT2D eigenvalue weighted by molar-refractivity contribution is 5.42. The van der Waals surface area contributed by atoms with Crippen molar-refractivity contribution < 1.29 is 18.7 Å². The summed E-state index contributed by atoms with van der Waals surface area (Å²) >= 11 is 0. The van der Waals surface area contributed by atoms with Gasteiger partial charge in [-0.05, 0) is 29.8 Å². The fraction of sp³-hybridized carbons (Fsp3) is 0.235. The number of hydrogen-bond acceptors (Lipinski definition) is 7. The molecular weight excluding hydrogens is 326 g/mol. The van der Waals surface area contributed by atoms with Gasteiger partial charge in [-0.2, -0.15) is 9.94 Å². The number of aromatic nitrogens is 2. The number of aliphatic hydroxyl groups is 1. The van der Waals surface area contributed by atoms with Crippen LogP contribution in [0.4, 0.5) is 0 Å². The number of nitrogens with zero attached hydrogens (tertiary/aromatic N) is 3. The van der Waals surface area contributed by atoms with Gasteiger partial charge in [-0.25, -0.2) is 4.79 Å². The van der Waals surface area contributed by atoms with Crippen LogP contribution < -0.4 is 10.5 Å². The molecule has 0 saturated heterocycles. The van der Waals surface area contributed by atoms with Crippen LogP contribution in [-0.2, 0) is 13.0 Å². The second kappa shape index (κ2) is 7.51. The molecule has 8 heteroatoms. The summed E-state index contributed by atoms with van der Waals surface area (Å²) in [5, 5.41) is 22.6. The number of furan rings is 1. The fourth-order valence-corrected chi connectivity index (χ4v) is 2.16. The van der Waals surface area contributed by atoms with Gasteiger partial charge in [0.05, 0.1) is 25.3 Å². The SMILES string of the molecule is N#CCc1ccc(OCC(O)Cn2nc(-c3ccco3)oc2=O)cc1. The molecular formula is C17H15N3O5. The highest BCUT2D eigenvalue weighted by Gasteiger charge is 2.15. The van der Waals surface area contributed by atoms with E-state index in [1.54, 1.807) is 36.4 Å².